The van der Waals surface area contributed by atoms with E-state index in [1.165, 1.54) is 12.8 Å². The second kappa shape index (κ2) is 12.4. The molecule has 0 aromatic heterocycles. The van der Waals surface area contributed by atoms with Crippen LogP contribution in [0.1, 0.15) is 33.6 Å². The van der Waals surface area contributed by atoms with Crippen molar-refractivity contribution in [3.8, 4) is 5.75 Å². The van der Waals surface area contributed by atoms with Gasteiger partial charge in [0.2, 0.25) is 0 Å². The van der Waals surface area contributed by atoms with E-state index in [-0.39, 0.29) is 24.0 Å². The van der Waals surface area contributed by atoms with Crippen molar-refractivity contribution in [2.45, 2.75) is 45.7 Å². The van der Waals surface area contributed by atoms with Crippen molar-refractivity contribution in [1.29, 1.82) is 0 Å². The van der Waals surface area contributed by atoms with Crippen LogP contribution in [-0.4, -0.2) is 55.7 Å². The van der Waals surface area contributed by atoms with Gasteiger partial charge in [0, 0.05) is 31.7 Å². The Labute approximate surface area is 169 Å². The number of benzene rings is 1. The molecule has 1 aromatic carbocycles. The van der Waals surface area contributed by atoms with Crippen LogP contribution in [0.25, 0.3) is 0 Å². The number of likely N-dealkylation sites (tertiary alicyclic amines) is 1. The summed E-state index contributed by atoms with van der Waals surface area (Å²) >= 11 is 0. The summed E-state index contributed by atoms with van der Waals surface area (Å²) in [5, 5.41) is 6.90. The highest BCUT2D eigenvalue weighted by atomic mass is 127. The summed E-state index contributed by atoms with van der Waals surface area (Å²) in [6, 6.07) is 11.0. The third kappa shape index (κ3) is 8.27. The molecule has 1 aromatic rings. The Hall–Kier alpha value is -1.02. The maximum atomic E-state index is 5.70. The van der Waals surface area contributed by atoms with Crippen LogP contribution in [0.5, 0.6) is 5.75 Å². The lowest BCUT2D eigenvalue weighted by Crippen LogP contribution is -2.50. The first-order valence-electron chi connectivity index (χ1n) is 9.15. The Bertz CT molecular complexity index is 487. The zero-order chi connectivity index (χ0) is 17.2. The SMILES string of the molecule is CCNC(=NCCOc1ccccc1)NC1CCN(C(C)C)CC1.I. The van der Waals surface area contributed by atoms with E-state index in [0.717, 1.165) is 31.3 Å². The lowest BCUT2D eigenvalue weighted by Gasteiger charge is -2.35. The first-order valence-corrected chi connectivity index (χ1v) is 9.15. The topological polar surface area (TPSA) is 48.9 Å². The van der Waals surface area contributed by atoms with Crippen LogP contribution in [0.15, 0.2) is 35.3 Å². The van der Waals surface area contributed by atoms with Gasteiger partial charge < -0.3 is 20.3 Å². The third-order valence-electron chi connectivity index (χ3n) is 4.32. The number of rotatable bonds is 7. The van der Waals surface area contributed by atoms with Gasteiger partial charge in [0.1, 0.15) is 12.4 Å². The highest BCUT2D eigenvalue weighted by Gasteiger charge is 2.21. The quantitative estimate of drug-likeness (QED) is 0.284. The van der Waals surface area contributed by atoms with Gasteiger partial charge in [0.25, 0.3) is 0 Å². The van der Waals surface area contributed by atoms with Gasteiger partial charge in [-0.3, -0.25) is 0 Å². The second-order valence-corrected chi connectivity index (χ2v) is 6.47. The predicted octanol–water partition coefficient (Wildman–Crippen LogP) is 3.11. The van der Waals surface area contributed by atoms with E-state index in [1.54, 1.807) is 0 Å². The minimum Gasteiger partial charge on any atom is -0.492 e. The van der Waals surface area contributed by atoms with Gasteiger partial charge >= 0.3 is 0 Å². The lowest BCUT2D eigenvalue weighted by molar-refractivity contribution is 0.167. The first kappa shape index (κ1) is 22.0. The average molecular weight is 460 g/mol. The van der Waals surface area contributed by atoms with E-state index in [0.29, 0.717) is 25.2 Å². The smallest absolute Gasteiger partial charge is 0.191 e. The molecule has 1 heterocycles. The number of hydrogen-bond donors (Lipinski definition) is 2. The molecule has 5 nitrogen and oxygen atoms in total. The number of ether oxygens (including phenoxy) is 1. The lowest BCUT2D eigenvalue weighted by atomic mass is 10.0. The molecule has 142 valence electrons. The van der Waals surface area contributed by atoms with Crippen LogP contribution in [0.4, 0.5) is 0 Å². The first-order chi connectivity index (χ1) is 11.7. The van der Waals surface area contributed by atoms with E-state index >= 15 is 0 Å². The van der Waals surface area contributed by atoms with Crippen molar-refractivity contribution in [2.24, 2.45) is 4.99 Å². The number of nitrogens with one attached hydrogen (secondary N) is 2. The third-order valence-corrected chi connectivity index (χ3v) is 4.32. The van der Waals surface area contributed by atoms with Gasteiger partial charge in [-0.1, -0.05) is 18.2 Å². The summed E-state index contributed by atoms with van der Waals surface area (Å²) in [5.74, 6) is 1.80. The van der Waals surface area contributed by atoms with Gasteiger partial charge in [-0.2, -0.15) is 0 Å². The molecule has 0 bridgehead atoms. The standard InChI is InChI=1S/C19H32N4O.HI/c1-4-20-19(21-12-15-24-18-8-6-5-7-9-18)22-17-10-13-23(14-11-17)16(2)3;/h5-9,16-17H,4,10-15H2,1-3H3,(H2,20,21,22);1H. The van der Waals surface area contributed by atoms with E-state index in [2.05, 4.69) is 41.3 Å². The van der Waals surface area contributed by atoms with Gasteiger partial charge in [-0.05, 0) is 45.7 Å². The molecule has 0 atom stereocenters. The fourth-order valence-corrected chi connectivity index (χ4v) is 2.91. The summed E-state index contributed by atoms with van der Waals surface area (Å²) in [6.07, 6.45) is 2.34. The van der Waals surface area contributed by atoms with E-state index in [1.807, 2.05) is 30.3 Å². The maximum absolute atomic E-state index is 5.70. The van der Waals surface area contributed by atoms with Gasteiger partial charge in [-0.15, -0.1) is 24.0 Å². The van der Waals surface area contributed by atoms with Crippen LogP contribution in [-0.2, 0) is 0 Å². The number of nitrogens with zero attached hydrogens (tertiary/aromatic N) is 2. The Morgan fingerprint density at radius 3 is 2.52 bits per heavy atom. The van der Waals surface area contributed by atoms with E-state index < -0.39 is 0 Å². The molecular formula is C19H33IN4O. The number of halogens is 1. The molecule has 0 spiro atoms. The Morgan fingerprint density at radius 1 is 1.24 bits per heavy atom. The molecule has 0 radical (unpaired) electrons. The number of aliphatic imine (C=N–C) groups is 1. The number of hydrogen-bond acceptors (Lipinski definition) is 3. The number of para-hydroxylation sites is 1. The molecule has 25 heavy (non-hydrogen) atoms. The fraction of sp³-hybridized carbons (Fsp3) is 0.632. The van der Waals surface area contributed by atoms with E-state index in [4.69, 9.17) is 4.74 Å². The fourth-order valence-electron chi connectivity index (χ4n) is 2.91. The Balaban J connectivity index is 0.00000312. The molecular weight excluding hydrogens is 427 g/mol. The minimum absolute atomic E-state index is 0. The predicted molar refractivity (Wildman–Crippen MR) is 116 cm³/mol. The molecule has 6 heteroatoms. The van der Waals surface area contributed by atoms with Crippen LogP contribution < -0.4 is 15.4 Å². The van der Waals surface area contributed by atoms with E-state index in [9.17, 15) is 0 Å². The average Bonchev–Trinajstić information content (AvgIpc) is 2.60. The van der Waals surface area contributed by atoms with Crippen molar-refractivity contribution in [3.63, 3.8) is 0 Å². The van der Waals surface area contributed by atoms with Gasteiger partial charge in [-0.25, -0.2) is 4.99 Å². The molecule has 0 unspecified atom stereocenters. The Morgan fingerprint density at radius 2 is 1.92 bits per heavy atom. The molecule has 1 fully saturated rings. The molecule has 0 saturated carbocycles. The highest BCUT2D eigenvalue weighted by molar-refractivity contribution is 14.0. The van der Waals surface area contributed by atoms with Crippen molar-refractivity contribution >= 4 is 29.9 Å². The zero-order valence-corrected chi connectivity index (χ0v) is 18.0. The minimum atomic E-state index is 0. The van der Waals surface area contributed by atoms with Gasteiger partial charge in [0.15, 0.2) is 5.96 Å². The van der Waals surface area contributed by atoms with Crippen molar-refractivity contribution in [1.82, 2.24) is 15.5 Å². The molecule has 2 N–H and O–H groups in total. The molecule has 1 aliphatic heterocycles. The normalized spacial score (nSPS) is 16.4. The van der Waals surface area contributed by atoms with Crippen LogP contribution in [0.3, 0.4) is 0 Å². The van der Waals surface area contributed by atoms with Crippen molar-refractivity contribution < 1.29 is 4.74 Å². The van der Waals surface area contributed by atoms with Crippen LogP contribution in [0, 0.1) is 0 Å². The maximum Gasteiger partial charge on any atom is 0.191 e. The molecule has 0 aliphatic carbocycles. The zero-order valence-electron chi connectivity index (χ0n) is 15.7. The van der Waals surface area contributed by atoms with Crippen LogP contribution in [0.2, 0.25) is 0 Å². The molecule has 2 rings (SSSR count). The number of piperidine rings is 1. The summed E-state index contributed by atoms with van der Waals surface area (Å²) in [7, 11) is 0. The second-order valence-electron chi connectivity index (χ2n) is 6.47. The molecule has 1 aliphatic rings. The summed E-state index contributed by atoms with van der Waals surface area (Å²) in [5.41, 5.74) is 0. The van der Waals surface area contributed by atoms with Crippen molar-refractivity contribution in [2.75, 3.05) is 32.8 Å². The van der Waals surface area contributed by atoms with Crippen molar-refractivity contribution in [3.05, 3.63) is 30.3 Å². The largest absolute Gasteiger partial charge is 0.492 e. The molecule has 1 saturated heterocycles. The monoisotopic (exact) mass is 460 g/mol. The Kier molecular flexibility index (Phi) is 10.9. The molecule has 0 amide bonds. The summed E-state index contributed by atoms with van der Waals surface area (Å²) in [6.45, 7) is 11.1. The summed E-state index contributed by atoms with van der Waals surface area (Å²) < 4.78 is 5.70. The summed E-state index contributed by atoms with van der Waals surface area (Å²) in [4.78, 5) is 7.17. The highest BCUT2D eigenvalue weighted by Crippen LogP contribution is 2.12. The number of guanidine groups is 1. The van der Waals surface area contributed by atoms with Gasteiger partial charge in [0.05, 0.1) is 6.54 Å². The van der Waals surface area contributed by atoms with Crippen LogP contribution >= 0.6 is 24.0 Å².